The minimum Gasteiger partial charge on any atom is -0.197 e. The van der Waals surface area contributed by atoms with E-state index in [0.29, 0.717) is 6.54 Å². The van der Waals surface area contributed by atoms with Crippen molar-refractivity contribution in [3.63, 3.8) is 0 Å². The predicted molar refractivity (Wildman–Crippen MR) is 233 cm³/mol. The topological polar surface area (TPSA) is 52.6 Å². The summed E-state index contributed by atoms with van der Waals surface area (Å²) < 4.78 is 343. The van der Waals surface area contributed by atoms with Crippen molar-refractivity contribution in [1.29, 1.82) is 0 Å². The molecule has 0 unspecified atom stereocenters. The SMILES string of the molecule is FC(F)(F)c1cc([B-](c2cc(C(F)(F)F)cc(C(F)(F)F)c2)(c2cc(C(F)(F)F)cc(C(F)(F)F)c2)c2cc(C(F)(F)F)cc(C(F)(F)F)c2)cc(C(F)(F)F)c1.[N-]=[N+]=NCc1c2ccccc2cc[n+]1Cc1ccccc1. The highest BCUT2D eigenvalue weighted by atomic mass is 19.4. The molecule has 0 saturated heterocycles. The summed E-state index contributed by atoms with van der Waals surface area (Å²) in [6, 6.07) is 11.7. The summed E-state index contributed by atoms with van der Waals surface area (Å²) in [5.74, 6) is 0. The molecule has 0 spiro atoms. The van der Waals surface area contributed by atoms with Gasteiger partial charge in [0.1, 0.15) is 12.7 Å². The molecule has 0 aliphatic heterocycles. The maximum absolute atomic E-state index is 14.2. The van der Waals surface area contributed by atoms with Crippen LogP contribution >= 0.6 is 0 Å². The first kappa shape index (κ1) is 59.7. The molecule has 0 saturated carbocycles. The summed E-state index contributed by atoms with van der Waals surface area (Å²) in [7, 11) is 0. The summed E-state index contributed by atoms with van der Waals surface area (Å²) in [5, 5.41) is 6.04. The lowest BCUT2D eigenvalue weighted by Crippen LogP contribution is -2.75. The van der Waals surface area contributed by atoms with Crippen LogP contribution < -0.4 is 26.4 Å². The van der Waals surface area contributed by atoms with Crippen molar-refractivity contribution >= 4 is 38.8 Å². The zero-order chi connectivity index (χ0) is 58.4. The van der Waals surface area contributed by atoms with Crippen molar-refractivity contribution < 1.29 is 110 Å². The molecule has 0 atom stereocenters. The largest absolute Gasteiger partial charge is 0.416 e. The van der Waals surface area contributed by atoms with Gasteiger partial charge in [0.25, 0.3) is 0 Å². The quantitative estimate of drug-likeness (QED) is 0.0364. The molecule has 7 rings (SSSR count). The van der Waals surface area contributed by atoms with Crippen molar-refractivity contribution in [3.8, 4) is 0 Å². The summed E-state index contributed by atoms with van der Waals surface area (Å²) in [5.41, 5.74) is -19.3. The Morgan fingerprint density at radius 2 is 0.654 bits per heavy atom. The normalized spacial score (nSPS) is 13.2. The molecule has 0 aliphatic carbocycles. The van der Waals surface area contributed by atoms with E-state index in [-0.39, 0.29) is 0 Å². The molecular weight excluding hydrogens is 1110 g/mol. The van der Waals surface area contributed by atoms with E-state index in [4.69, 9.17) is 5.53 Å². The molecular formula is C49H27BF24N4. The van der Waals surface area contributed by atoms with Crippen molar-refractivity contribution in [2.45, 2.75) is 62.5 Å². The van der Waals surface area contributed by atoms with Crippen LogP contribution in [-0.2, 0) is 62.5 Å². The number of rotatable bonds is 8. The molecule has 414 valence electrons. The highest BCUT2D eigenvalue weighted by molar-refractivity contribution is 7.20. The average molecular weight is 1140 g/mol. The molecule has 7 aromatic rings. The maximum Gasteiger partial charge on any atom is 0.416 e. The van der Waals surface area contributed by atoms with Gasteiger partial charge in [-0.2, -0.15) is 132 Å². The third-order valence-electron chi connectivity index (χ3n) is 12.0. The van der Waals surface area contributed by atoms with Gasteiger partial charge >= 0.3 is 49.4 Å². The van der Waals surface area contributed by atoms with Crippen LogP contribution in [0.2, 0.25) is 0 Å². The number of nitrogens with zero attached hydrogens (tertiary/aromatic N) is 4. The summed E-state index contributed by atoms with van der Waals surface area (Å²) in [6.45, 7) is 1.12. The van der Waals surface area contributed by atoms with Gasteiger partial charge in [-0.05, 0) is 41.2 Å². The maximum atomic E-state index is 14.2. The second-order valence-electron chi connectivity index (χ2n) is 17.1. The molecule has 0 radical (unpaired) electrons. The van der Waals surface area contributed by atoms with E-state index in [1.165, 1.54) is 5.56 Å². The first-order valence-electron chi connectivity index (χ1n) is 21.4. The molecule has 0 amide bonds. The Bertz CT molecular complexity index is 2920. The third kappa shape index (κ3) is 13.4. The minimum absolute atomic E-state index is 0.352. The highest BCUT2D eigenvalue weighted by Gasteiger charge is 2.47. The van der Waals surface area contributed by atoms with Gasteiger partial charge in [0, 0.05) is 21.9 Å². The van der Waals surface area contributed by atoms with E-state index in [9.17, 15) is 105 Å². The van der Waals surface area contributed by atoms with Gasteiger partial charge in [0.15, 0.2) is 18.4 Å². The van der Waals surface area contributed by atoms with E-state index < -0.39 is 195 Å². The number of hydrogen-bond acceptors (Lipinski definition) is 1. The van der Waals surface area contributed by atoms with Crippen molar-refractivity contribution in [2.75, 3.05) is 0 Å². The van der Waals surface area contributed by atoms with E-state index in [1.54, 1.807) is 0 Å². The van der Waals surface area contributed by atoms with Crippen LogP contribution in [0.5, 0.6) is 0 Å². The molecule has 1 heterocycles. The molecule has 4 nitrogen and oxygen atoms in total. The van der Waals surface area contributed by atoms with E-state index in [1.807, 2.05) is 30.3 Å². The van der Waals surface area contributed by atoms with Crippen molar-refractivity contribution in [3.05, 3.63) is 206 Å². The molecule has 29 heteroatoms. The number of aromatic nitrogens is 1. The summed E-state index contributed by atoms with van der Waals surface area (Å²) >= 11 is 0. The molecule has 6 aromatic carbocycles. The molecule has 0 aliphatic rings. The second kappa shape index (κ2) is 21.0. The number of hydrogen-bond donors (Lipinski definition) is 0. The third-order valence-corrected chi connectivity index (χ3v) is 12.0. The zero-order valence-corrected chi connectivity index (χ0v) is 38.1. The Hall–Kier alpha value is -7.58. The number of pyridine rings is 1. The fourth-order valence-corrected chi connectivity index (χ4v) is 8.59. The number of halogens is 24. The predicted octanol–water partition coefficient (Wildman–Crippen LogP) is 15.2. The molecule has 78 heavy (non-hydrogen) atoms. The van der Waals surface area contributed by atoms with Gasteiger partial charge in [-0.3, -0.25) is 0 Å². The van der Waals surface area contributed by atoms with Crippen LogP contribution in [0, 0.1) is 0 Å². The number of alkyl halides is 24. The average Bonchev–Trinajstić information content (AvgIpc) is 3.35. The smallest absolute Gasteiger partial charge is 0.197 e. The second-order valence-corrected chi connectivity index (χ2v) is 17.1. The molecule has 0 fully saturated rings. The molecule has 0 bridgehead atoms. The lowest BCUT2D eigenvalue weighted by atomic mass is 9.12. The lowest BCUT2D eigenvalue weighted by molar-refractivity contribution is -0.694. The van der Waals surface area contributed by atoms with Gasteiger partial charge in [0.05, 0.1) is 44.5 Å². The Morgan fingerprint density at radius 1 is 0.372 bits per heavy atom. The standard InChI is InChI=1S/C32H12BF24.C17H15N4/c34-25(35,36)13-1-14(26(37,38)39)6-21(5-13)33(22-7-15(27(40,41)42)2-16(8-22)28(43,44)45,23-9-17(29(46,47)48)3-18(10-23)30(49,50)51)24-11-19(31(52,53)54)4-20(12-24)32(55,56)57;18-20-19-12-17-16-9-5-4-8-15(16)10-11-21(17)13-14-6-2-1-3-7-14/h1-12H;1-11H,12-13H2/q-1;+1. The Kier molecular flexibility index (Phi) is 16.1. The number of azide groups is 1. The Labute approximate surface area is 421 Å². The fraction of sp³-hybridized carbons (Fsp3) is 0.204. The number of benzene rings is 6. The Morgan fingerprint density at radius 3 is 0.936 bits per heavy atom. The fourth-order valence-electron chi connectivity index (χ4n) is 8.59. The lowest BCUT2D eigenvalue weighted by Gasteiger charge is -2.46. The summed E-state index contributed by atoms with van der Waals surface area (Å²) in [4.78, 5) is 2.90. The van der Waals surface area contributed by atoms with Crippen LogP contribution in [0.4, 0.5) is 105 Å². The van der Waals surface area contributed by atoms with Crippen LogP contribution in [-0.4, -0.2) is 6.15 Å². The molecule has 1 aromatic heterocycles. The van der Waals surface area contributed by atoms with Crippen molar-refractivity contribution in [2.24, 2.45) is 5.11 Å². The monoisotopic (exact) mass is 1140 g/mol. The van der Waals surface area contributed by atoms with Gasteiger partial charge < -0.3 is 0 Å². The van der Waals surface area contributed by atoms with Crippen LogP contribution in [0.3, 0.4) is 0 Å². The van der Waals surface area contributed by atoms with Gasteiger partial charge in [-0.15, -0.1) is 0 Å². The number of fused-ring (bicyclic) bond motifs is 1. The van der Waals surface area contributed by atoms with Gasteiger partial charge in [0.2, 0.25) is 0 Å². The summed E-state index contributed by atoms with van der Waals surface area (Å²) in [6.07, 6.45) is -52.8. The van der Waals surface area contributed by atoms with E-state index >= 15 is 0 Å². The first-order valence-corrected chi connectivity index (χ1v) is 21.4. The first-order chi connectivity index (χ1) is 35.6. The zero-order valence-electron chi connectivity index (χ0n) is 38.1. The van der Waals surface area contributed by atoms with E-state index in [2.05, 4.69) is 51.1 Å². The molecule has 0 N–H and O–H groups in total. The van der Waals surface area contributed by atoms with Crippen LogP contribution in [0.1, 0.15) is 55.8 Å². The van der Waals surface area contributed by atoms with Gasteiger partial charge in [-0.25, -0.2) is 0 Å². The van der Waals surface area contributed by atoms with Crippen LogP contribution in [0.15, 0.2) is 145 Å². The highest BCUT2D eigenvalue weighted by Crippen LogP contribution is 2.41. The van der Waals surface area contributed by atoms with Gasteiger partial charge in [-0.1, -0.05) is 102 Å². The van der Waals surface area contributed by atoms with E-state index in [0.717, 1.165) is 23.0 Å². The minimum atomic E-state index is -6.13. The Balaban J connectivity index is 0.000000387. The van der Waals surface area contributed by atoms with Crippen LogP contribution in [0.25, 0.3) is 21.2 Å². The van der Waals surface area contributed by atoms with Crippen molar-refractivity contribution in [1.82, 2.24) is 0 Å².